The summed E-state index contributed by atoms with van der Waals surface area (Å²) < 4.78 is 11.0. The van der Waals surface area contributed by atoms with E-state index in [2.05, 4.69) is 4.98 Å². The van der Waals surface area contributed by atoms with Gasteiger partial charge in [-0.15, -0.1) is 0 Å². The van der Waals surface area contributed by atoms with Gasteiger partial charge in [-0.25, -0.2) is 4.98 Å². The normalized spacial score (nSPS) is 20.6. The molecule has 2 heterocycles. The standard InChI is InChI=1S/C13H18N2O5/c16-8-12(15(17)18)11-5-3-4-10(14-11)9-20-13-6-1-2-7-19-13/h3-5,12-13,16H,1-2,6-9H2. The molecule has 1 aromatic heterocycles. The molecule has 1 aliphatic heterocycles. The minimum Gasteiger partial charge on any atom is -0.389 e. The number of ether oxygens (including phenoxy) is 2. The summed E-state index contributed by atoms with van der Waals surface area (Å²) in [6.07, 6.45) is 2.76. The highest BCUT2D eigenvalue weighted by Crippen LogP contribution is 2.17. The molecule has 0 aliphatic carbocycles. The van der Waals surface area contributed by atoms with Crippen LogP contribution in [0.15, 0.2) is 18.2 Å². The van der Waals surface area contributed by atoms with Crippen molar-refractivity contribution in [2.75, 3.05) is 13.2 Å². The van der Waals surface area contributed by atoms with Crippen LogP contribution in [0.2, 0.25) is 0 Å². The van der Waals surface area contributed by atoms with Crippen molar-refractivity contribution >= 4 is 0 Å². The number of aliphatic hydroxyl groups excluding tert-OH is 1. The first-order valence-electron chi connectivity index (χ1n) is 6.64. The van der Waals surface area contributed by atoms with Gasteiger partial charge in [0.05, 0.1) is 12.3 Å². The predicted molar refractivity (Wildman–Crippen MR) is 69.4 cm³/mol. The van der Waals surface area contributed by atoms with Crippen LogP contribution in [0.3, 0.4) is 0 Å². The third-order valence-electron chi connectivity index (χ3n) is 3.15. The lowest BCUT2D eigenvalue weighted by atomic mass is 10.2. The summed E-state index contributed by atoms with van der Waals surface area (Å²) in [6, 6.07) is 3.75. The van der Waals surface area contributed by atoms with Crippen LogP contribution in [0.25, 0.3) is 0 Å². The number of rotatable bonds is 6. The zero-order valence-electron chi connectivity index (χ0n) is 11.1. The second-order valence-electron chi connectivity index (χ2n) is 4.64. The Bertz CT molecular complexity index is 448. The number of aliphatic hydroxyl groups is 1. The van der Waals surface area contributed by atoms with Gasteiger partial charge in [0.1, 0.15) is 12.3 Å². The molecule has 1 aromatic rings. The predicted octanol–water partition coefficient (Wildman–Crippen LogP) is 1.43. The van der Waals surface area contributed by atoms with E-state index >= 15 is 0 Å². The average Bonchev–Trinajstić information content (AvgIpc) is 2.47. The topological polar surface area (TPSA) is 94.7 Å². The molecule has 1 fully saturated rings. The fraction of sp³-hybridized carbons (Fsp3) is 0.615. The molecule has 20 heavy (non-hydrogen) atoms. The Morgan fingerprint density at radius 1 is 1.55 bits per heavy atom. The highest BCUT2D eigenvalue weighted by Gasteiger charge is 2.23. The molecule has 2 unspecified atom stereocenters. The van der Waals surface area contributed by atoms with E-state index in [0.29, 0.717) is 12.3 Å². The van der Waals surface area contributed by atoms with Crippen molar-refractivity contribution in [2.45, 2.75) is 38.2 Å². The molecule has 1 aliphatic rings. The molecule has 1 saturated heterocycles. The molecule has 0 bridgehead atoms. The molecule has 2 rings (SSSR count). The van der Waals surface area contributed by atoms with Crippen LogP contribution < -0.4 is 0 Å². The van der Waals surface area contributed by atoms with E-state index in [4.69, 9.17) is 14.6 Å². The second kappa shape index (κ2) is 7.28. The number of hydrogen-bond acceptors (Lipinski definition) is 6. The molecule has 7 nitrogen and oxygen atoms in total. The summed E-state index contributed by atoms with van der Waals surface area (Å²) in [7, 11) is 0. The van der Waals surface area contributed by atoms with E-state index in [9.17, 15) is 10.1 Å². The molecule has 0 radical (unpaired) electrons. The van der Waals surface area contributed by atoms with Crippen molar-refractivity contribution in [3.8, 4) is 0 Å². The van der Waals surface area contributed by atoms with E-state index in [1.165, 1.54) is 6.07 Å². The van der Waals surface area contributed by atoms with Gasteiger partial charge in [0.15, 0.2) is 6.29 Å². The first kappa shape index (κ1) is 14.8. The fourth-order valence-corrected chi connectivity index (χ4v) is 2.05. The SMILES string of the molecule is O=[N+]([O-])C(CO)c1cccc(COC2CCCCO2)n1. The maximum atomic E-state index is 10.8. The van der Waals surface area contributed by atoms with E-state index in [0.717, 1.165) is 19.3 Å². The minimum atomic E-state index is -1.19. The maximum Gasteiger partial charge on any atom is 0.277 e. The van der Waals surface area contributed by atoms with Crippen molar-refractivity contribution in [2.24, 2.45) is 0 Å². The van der Waals surface area contributed by atoms with Crippen molar-refractivity contribution in [1.29, 1.82) is 0 Å². The largest absolute Gasteiger partial charge is 0.389 e. The fourth-order valence-electron chi connectivity index (χ4n) is 2.05. The van der Waals surface area contributed by atoms with Gasteiger partial charge in [0.2, 0.25) is 0 Å². The van der Waals surface area contributed by atoms with Gasteiger partial charge in [0, 0.05) is 11.5 Å². The zero-order valence-corrected chi connectivity index (χ0v) is 11.1. The van der Waals surface area contributed by atoms with Gasteiger partial charge in [-0.1, -0.05) is 6.07 Å². The molecule has 110 valence electrons. The molecular formula is C13H18N2O5. The number of hydrogen-bond donors (Lipinski definition) is 1. The molecule has 0 aromatic carbocycles. The summed E-state index contributed by atoms with van der Waals surface area (Å²) >= 11 is 0. The zero-order chi connectivity index (χ0) is 14.4. The summed E-state index contributed by atoms with van der Waals surface area (Å²) in [5.41, 5.74) is 0.833. The Morgan fingerprint density at radius 2 is 2.40 bits per heavy atom. The smallest absolute Gasteiger partial charge is 0.277 e. The van der Waals surface area contributed by atoms with Crippen LogP contribution in [0.5, 0.6) is 0 Å². The monoisotopic (exact) mass is 282 g/mol. The summed E-state index contributed by atoms with van der Waals surface area (Å²) in [6.45, 7) is 0.371. The van der Waals surface area contributed by atoms with E-state index in [-0.39, 0.29) is 18.6 Å². The van der Waals surface area contributed by atoms with Gasteiger partial charge in [0.25, 0.3) is 6.04 Å². The van der Waals surface area contributed by atoms with Gasteiger partial charge < -0.3 is 14.6 Å². The lowest BCUT2D eigenvalue weighted by Crippen LogP contribution is -2.22. The Hall–Kier alpha value is -1.57. The Kier molecular flexibility index (Phi) is 5.40. The highest BCUT2D eigenvalue weighted by molar-refractivity contribution is 5.12. The van der Waals surface area contributed by atoms with Crippen molar-refractivity contribution in [1.82, 2.24) is 4.98 Å². The molecule has 7 heteroatoms. The molecule has 1 N–H and O–H groups in total. The highest BCUT2D eigenvalue weighted by atomic mass is 16.7. The van der Waals surface area contributed by atoms with Gasteiger partial charge in [-0.3, -0.25) is 10.1 Å². The quantitative estimate of drug-likeness (QED) is 0.626. The second-order valence-corrected chi connectivity index (χ2v) is 4.64. The lowest BCUT2D eigenvalue weighted by Gasteiger charge is -2.22. The number of nitrogens with zero attached hydrogens (tertiary/aromatic N) is 2. The summed E-state index contributed by atoms with van der Waals surface area (Å²) in [5, 5.41) is 19.8. The van der Waals surface area contributed by atoms with Crippen LogP contribution in [0.4, 0.5) is 0 Å². The third-order valence-corrected chi connectivity index (χ3v) is 3.15. The van der Waals surface area contributed by atoms with Crippen LogP contribution in [0.1, 0.15) is 36.7 Å². The molecule has 0 amide bonds. The number of nitro groups is 1. The first-order chi connectivity index (χ1) is 9.70. The van der Waals surface area contributed by atoms with Crippen molar-refractivity contribution < 1.29 is 19.5 Å². The summed E-state index contributed by atoms with van der Waals surface area (Å²) in [5.74, 6) is 0. The Labute approximate surface area is 116 Å². The van der Waals surface area contributed by atoms with E-state index in [1.54, 1.807) is 12.1 Å². The number of pyridine rings is 1. The molecular weight excluding hydrogens is 264 g/mol. The third kappa shape index (κ3) is 3.96. The van der Waals surface area contributed by atoms with Gasteiger partial charge >= 0.3 is 0 Å². The van der Waals surface area contributed by atoms with Crippen molar-refractivity contribution in [3.63, 3.8) is 0 Å². The van der Waals surface area contributed by atoms with Gasteiger partial charge in [-0.2, -0.15) is 0 Å². The number of aromatic nitrogens is 1. The van der Waals surface area contributed by atoms with Crippen LogP contribution in [-0.2, 0) is 16.1 Å². The minimum absolute atomic E-state index is 0.224. The molecule has 2 atom stereocenters. The van der Waals surface area contributed by atoms with E-state index in [1.807, 2.05) is 0 Å². The molecule has 0 saturated carbocycles. The molecule has 0 spiro atoms. The maximum absolute atomic E-state index is 10.8. The first-order valence-corrected chi connectivity index (χ1v) is 6.64. The van der Waals surface area contributed by atoms with E-state index < -0.39 is 17.6 Å². The average molecular weight is 282 g/mol. The van der Waals surface area contributed by atoms with Crippen LogP contribution >= 0.6 is 0 Å². The summed E-state index contributed by atoms with van der Waals surface area (Å²) in [4.78, 5) is 14.4. The van der Waals surface area contributed by atoms with Crippen molar-refractivity contribution in [3.05, 3.63) is 39.7 Å². The Morgan fingerprint density at radius 3 is 3.05 bits per heavy atom. The Balaban J connectivity index is 1.96. The van der Waals surface area contributed by atoms with Crippen LogP contribution in [0, 0.1) is 10.1 Å². The van der Waals surface area contributed by atoms with Gasteiger partial charge in [-0.05, 0) is 31.4 Å². The lowest BCUT2D eigenvalue weighted by molar-refractivity contribution is -0.533. The van der Waals surface area contributed by atoms with Crippen LogP contribution in [-0.4, -0.2) is 34.5 Å².